The highest BCUT2D eigenvalue weighted by atomic mass is 15.4. The summed E-state index contributed by atoms with van der Waals surface area (Å²) < 4.78 is 1.81. The van der Waals surface area contributed by atoms with E-state index in [0.29, 0.717) is 0 Å². The molecule has 18 heavy (non-hydrogen) atoms. The van der Waals surface area contributed by atoms with E-state index in [-0.39, 0.29) is 0 Å². The van der Waals surface area contributed by atoms with Crippen molar-refractivity contribution in [2.45, 2.75) is 6.42 Å². The normalized spacial score (nSPS) is 17.4. The van der Waals surface area contributed by atoms with Gasteiger partial charge in [0.25, 0.3) is 0 Å². The van der Waals surface area contributed by atoms with Gasteiger partial charge in [0.15, 0.2) is 0 Å². The lowest BCUT2D eigenvalue weighted by Crippen LogP contribution is -2.44. The molecule has 0 amide bonds. The van der Waals surface area contributed by atoms with Crippen molar-refractivity contribution >= 4 is 11.0 Å². The fourth-order valence-electron chi connectivity index (χ4n) is 2.46. The smallest absolute Gasteiger partial charge is 0.113 e. The summed E-state index contributed by atoms with van der Waals surface area (Å²) >= 11 is 0. The van der Waals surface area contributed by atoms with Gasteiger partial charge < -0.3 is 10.2 Å². The molecule has 1 aromatic carbocycles. The van der Waals surface area contributed by atoms with Crippen molar-refractivity contribution in [1.82, 2.24) is 25.2 Å². The SMILES string of the molecule is Cn1nnc2cc(CCN3CCNCC3)ccc21. The molecule has 0 aliphatic carbocycles. The van der Waals surface area contributed by atoms with Crippen molar-refractivity contribution < 1.29 is 0 Å². The number of nitrogens with zero attached hydrogens (tertiary/aromatic N) is 4. The zero-order chi connectivity index (χ0) is 12.4. The molecule has 1 aromatic heterocycles. The van der Waals surface area contributed by atoms with Crippen LogP contribution in [0.15, 0.2) is 18.2 Å². The average molecular weight is 245 g/mol. The number of fused-ring (bicyclic) bond motifs is 1. The molecule has 2 aromatic rings. The molecule has 0 bridgehead atoms. The van der Waals surface area contributed by atoms with Crippen molar-refractivity contribution in [3.63, 3.8) is 0 Å². The van der Waals surface area contributed by atoms with Crippen molar-refractivity contribution in [3.8, 4) is 0 Å². The maximum absolute atomic E-state index is 4.16. The number of piperazine rings is 1. The van der Waals surface area contributed by atoms with Gasteiger partial charge >= 0.3 is 0 Å². The quantitative estimate of drug-likeness (QED) is 0.851. The van der Waals surface area contributed by atoms with Crippen LogP contribution in [0.5, 0.6) is 0 Å². The Bertz CT molecular complexity index is 527. The molecule has 3 rings (SSSR count). The summed E-state index contributed by atoms with van der Waals surface area (Å²) in [4.78, 5) is 2.51. The maximum Gasteiger partial charge on any atom is 0.113 e. The van der Waals surface area contributed by atoms with Gasteiger partial charge in [-0.15, -0.1) is 5.10 Å². The van der Waals surface area contributed by atoms with Gasteiger partial charge in [0, 0.05) is 39.8 Å². The van der Waals surface area contributed by atoms with Gasteiger partial charge in [0.2, 0.25) is 0 Å². The summed E-state index contributed by atoms with van der Waals surface area (Å²) in [6, 6.07) is 6.46. The lowest BCUT2D eigenvalue weighted by molar-refractivity contribution is 0.244. The second kappa shape index (κ2) is 5.04. The number of hydrogen-bond donors (Lipinski definition) is 1. The molecule has 96 valence electrons. The molecule has 5 heteroatoms. The maximum atomic E-state index is 4.16. The van der Waals surface area contributed by atoms with Crippen LogP contribution in [0.25, 0.3) is 11.0 Å². The summed E-state index contributed by atoms with van der Waals surface area (Å²) in [6.07, 6.45) is 1.09. The number of aromatic nitrogens is 3. The first-order valence-electron chi connectivity index (χ1n) is 6.54. The van der Waals surface area contributed by atoms with E-state index in [1.165, 1.54) is 5.56 Å². The monoisotopic (exact) mass is 245 g/mol. The lowest BCUT2D eigenvalue weighted by atomic mass is 10.1. The summed E-state index contributed by atoms with van der Waals surface area (Å²) in [7, 11) is 1.93. The van der Waals surface area contributed by atoms with Crippen molar-refractivity contribution in [1.29, 1.82) is 0 Å². The summed E-state index contributed by atoms with van der Waals surface area (Å²) in [6.45, 7) is 5.68. The Morgan fingerprint density at radius 2 is 2.11 bits per heavy atom. The second-order valence-corrected chi connectivity index (χ2v) is 4.88. The van der Waals surface area contributed by atoms with Gasteiger partial charge in [-0.3, -0.25) is 0 Å². The molecule has 1 aliphatic heterocycles. The topological polar surface area (TPSA) is 46.0 Å². The van der Waals surface area contributed by atoms with E-state index in [4.69, 9.17) is 0 Å². The molecule has 0 unspecified atom stereocenters. The van der Waals surface area contributed by atoms with Gasteiger partial charge in [-0.1, -0.05) is 11.3 Å². The zero-order valence-electron chi connectivity index (χ0n) is 10.8. The van der Waals surface area contributed by atoms with E-state index in [2.05, 4.69) is 38.7 Å². The molecule has 2 heterocycles. The molecule has 5 nitrogen and oxygen atoms in total. The standard InChI is InChI=1S/C13H19N5/c1-17-13-3-2-11(10-12(13)15-16-17)4-7-18-8-5-14-6-9-18/h2-3,10,14H,4-9H2,1H3. The van der Waals surface area contributed by atoms with Crippen molar-refractivity contribution in [2.75, 3.05) is 32.7 Å². The molecule has 0 radical (unpaired) electrons. The van der Waals surface area contributed by atoms with Crippen LogP contribution < -0.4 is 5.32 Å². The number of rotatable bonds is 3. The Hall–Kier alpha value is -1.46. The van der Waals surface area contributed by atoms with Gasteiger partial charge in [0.1, 0.15) is 5.52 Å². The molecule has 0 atom stereocenters. The average Bonchev–Trinajstić information content (AvgIpc) is 2.79. The predicted molar refractivity (Wildman–Crippen MR) is 71.5 cm³/mol. The minimum absolute atomic E-state index is 0.996. The molecule has 1 aliphatic rings. The van der Waals surface area contributed by atoms with Crippen LogP contribution in [0, 0.1) is 0 Å². The van der Waals surface area contributed by atoms with Crippen LogP contribution >= 0.6 is 0 Å². The number of hydrogen-bond acceptors (Lipinski definition) is 4. The van der Waals surface area contributed by atoms with Crippen LogP contribution in [0.2, 0.25) is 0 Å². The van der Waals surface area contributed by atoms with Crippen LogP contribution in [0.1, 0.15) is 5.56 Å². The molecule has 0 saturated carbocycles. The molecular weight excluding hydrogens is 226 g/mol. The fourth-order valence-corrected chi connectivity index (χ4v) is 2.46. The third kappa shape index (κ3) is 2.37. The van der Waals surface area contributed by atoms with E-state index in [0.717, 1.165) is 50.2 Å². The van der Waals surface area contributed by atoms with E-state index in [9.17, 15) is 0 Å². The summed E-state index contributed by atoms with van der Waals surface area (Å²) in [5.41, 5.74) is 3.44. The highest BCUT2D eigenvalue weighted by Crippen LogP contribution is 2.13. The van der Waals surface area contributed by atoms with Crippen molar-refractivity contribution in [2.24, 2.45) is 7.05 Å². The Labute approximate surface area is 107 Å². The highest BCUT2D eigenvalue weighted by Gasteiger charge is 2.09. The van der Waals surface area contributed by atoms with Crippen molar-refractivity contribution in [3.05, 3.63) is 23.8 Å². The van der Waals surface area contributed by atoms with Gasteiger partial charge in [-0.2, -0.15) is 0 Å². The van der Waals surface area contributed by atoms with Crippen LogP contribution in [-0.4, -0.2) is 52.6 Å². The summed E-state index contributed by atoms with van der Waals surface area (Å²) in [5, 5.41) is 11.6. The first-order chi connectivity index (χ1) is 8.83. The molecule has 1 saturated heterocycles. The Kier molecular flexibility index (Phi) is 3.25. The Morgan fingerprint density at radius 1 is 1.28 bits per heavy atom. The van der Waals surface area contributed by atoms with Gasteiger partial charge in [-0.25, -0.2) is 4.68 Å². The van der Waals surface area contributed by atoms with Gasteiger partial charge in [-0.05, 0) is 24.1 Å². The third-order valence-corrected chi connectivity index (χ3v) is 3.60. The first-order valence-corrected chi connectivity index (χ1v) is 6.54. The van der Waals surface area contributed by atoms with Crippen LogP contribution in [0.4, 0.5) is 0 Å². The van der Waals surface area contributed by atoms with Crippen LogP contribution in [-0.2, 0) is 13.5 Å². The molecular formula is C13H19N5. The van der Waals surface area contributed by atoms with Crippen LogP contribution in [0.3, 0.4) is 0 Å². The number of aryl methyl sites for hydroxylation is 1. The fraction of sp³-hybridized carbons (Fsp3) is 0.538. The summed E-state index contributed by atoms with van der Waals surface area (Å²) in [5.74, 6) is 0. The van der Waals surface area contributed by atoms with Gasteiger partial charge in [0.05, 0.1) is 5.52 Å². The third-order valence-electron chi connectivity index (χ3n) is 3.60. The Morgan fingerprint density at radius 3 is 2.94 bits per heavy atom. The predicted octanol–water partition coefficient (Wildman–Crippen LogP) is 0.416. The molecule has 0 spiro atoms. The minimum Gasteiger partial charge on any atom is -0.314 e. The first kappa shape index (κ1) is 11.6. The zero-order valence-corrected chi connectivity index (χ0v) is 10.8. The largest absolute Gasteiger partial charge is 0.314 e. The highest BCUT2D eigenvalue weighted by molar-refractivity contribution is 5.74. The second-order valence-electron chi connectivity index (χ2n) is 4.88. The Balaban J connectivity index is 1.66. The van der Waals surface area contributed by atoms with E-state index in [1.807, 2.05) is 11.7 Å². The van der Waals surface area contributed by atoms with E-state index in [1.54, 1.807) is 0 Å². The number of nitrogens with one attached hydrogen (secondary N) is 1. The van der Waals surface area contributed by atoms with E-state index < -0.39 is 0 Å². The van der Waals surface area contributed by atoms with E-state index >= 15 is 0 Å². The lowest BCUT2D eigenvalue weighted by Gasteiger charge is -2.27. The number of benzene rings is 1. The molecule has 1 N–H and O–H groups in total. The molecule has 1 fully saturated rings. The minimum atomic E-state index is 0.996.